The van der Waals surface area contributed by atoms with Crippen molar-refractivity contribution in [1.29, 1.82) is 0 Å². The van der Waals surface area contributed by atoms with Gasteiger partial charge in [-0.25, -0.2) is 0 Å². The third-order valence-corrected chi connectivity index (χ3v) is 4.92. The number of fused-ring (bicyclic) bond motifs is 1. The number of pyridine rings is 1. The second-order valence-electron chi connectivity index (χ2n) is 8.52. The number of carbonyl (C=O) groups is 1. The number of unbranched alkanes of at least 4 members (excludes halogenated alkanes) is 1. The molecule has 0 fully saturated rings. The van der Waals surface area contributed by atoms with Crippen molar-refractivity contribution in [3.63, 3.8) is 0 Å². The Labute approximate surface area is 174 Å². The highest BCUT2D eigenvalue weighted by Gasteiger charge is 2.16. The van der Waals surface area contributed by atoms with Crippen LogP contribution in [0.3, 0.4) is 0 Å². The monoisotopic (exact) mass is 389 g/mol. The second kappa shape index (κ2) is 9.21. The van der Waals surface area contributed by atoms with Crippen molar-refractivity contribution in [2.75, 3.05) is 0 Å². The SMILES string of the molecule is CCc1ccc2cc(-c3ccccc3)c(CCCCC(=O)OC(C)(C)C)nc2c1. The molecule has 2 aromatic carbocycles. The Morgan fingerprint density at radius 3 is 2.45 bits per heavy atom. The van der Waals surface area contributed by atoms with Crippen molar-refractivity contribution in [2.24, 2.45) is 0 Å². The molecule has 0 saturated carbocycles. The molecule has 3 rings (SSSR count). The van der Waals surface area contributed by atoms with E-state index in [1.807, 2.05) is 26.8 Å². The minimum atomic E-state index is -0.422. The fourth-order valence-electron chi connectivity index (χ4n) is 3.49. The molecule has 0 aliphatic heterocycles. The lowest BCUT2D eigenvalue weighted by atomic mass is 9.97. The van der Waals surface area contributed by atoms with Gasteiger partial charge in [0.2, 0.25) is 0 Å². The Morgan fingerprint density at radius 2 is 1.76 bits per heavy atom. The van der Waals surface area contributed by atoms with E-state index in [1.165, 1.54) is 22.1 Å². The number of hydrogen-bond donors (Lipinski definition) is 0. The van der Waals surface area contributed by atoms with Gasteiger partial charge in [-0.2, -0.15) is 0 Å². The molecule has 0 aliphatic carbocycles. The van der Waals surface area contributed by atoms with E-state index in [-0.39, 0.29) is 5.97 Å². The minimum Gasteiger partial charge on any atom is -0.460 e. The number of aromatic nitrogens is 1. The summed E-state index contributed by atoms with van der Waals surface area (Å²) >= 11 is 0. The highest BCUT2D eigenvalue weighted by molar-refractivity contribution is 5.85. The van der Waals surface area contributed by atoms with E-state index in [1.54, 1.807) is 0 Å². The highest BCUT2D eigenvalue weighted by Crippen LogP contribution is 2.28. The van der Waals surface area contributed by atoms with Crippen molar-refractivity contribution in [3.8, 4) is 11.1 Å². The van der Waals surface area contributed by atoms with Gasteiger partial charge in [0.05, 0.1) is 5.52 Å². The molecule has 1 heterocycles. The molecular weight excluding hydrogens is 358 g/mol. The first-order valence-electron chi connectivity index (χ1n) is 10.6. The van der Waals surface area contributed by atoms with Crippen LogP contribution < -0.4 is 0 Å². The van der Waals surface area contributed by atoms with Crippen molar-refractivity contribution >= 4 is 16.9 Å². The Hall–Kier alpha value is -2.68. The van der Waals surface area contributed by atoms with E-state index in [4.69, 9.17) is 9.72 Å². The third kappa shape index (κ3) is 5.90. The molecule has 0 saturated heterocycles. The predicted molar refractivity (Wildman–Crippen MR) is 120 cm³/mol. The molecule has 3 nitrogen and oxygen atoms in total. The molecule has 0 spiro atoms. The van der Waals surface area contributed by atoms with Crippen LogP contribution in [-0.4, -0.2) is 16.6 Å². The van der Waals surface area contributed by atoms with E-state index in [9.17, 15) is 4.79 Å². The maximum atomic E-state index is 12.0. The van der Waals surface area contributed by atoms with Gasteiger partial charge < -0.3 is 4.74 Å². The summed E-state index contributed by atoms with van der Waals surface area (Å²) in [4.78, 5) is 17.0. The summed E-state index contributed by atoms with van der Waals surface area (Å²) in [6, 6.07) is 19.2. The number of hydrogen-bond acceptors (Lipinski definition) is 3. The van der Waals surface area contributed by atoms with Crippen molar-refractivity contribution in [1.82, 2.24) is 4.98 Å². The normalized spacial score (nSPS) is 11.6. The molecule has 1 aromatic heterocycles. The number of rotatable bonds is 7. The summed E-state index contributed by atoms with van der Waals surface area (Å²) in [7, 11) is 0. The molecule has 3 heteroatoms. The predicted octanol–water partition coefficient (Wildman–Crippen LogP) is 6.52. The first kappa shape index (κ1) is 21.0. The maximum Gasteiger partial charge on any atom is 0.306 e. The van der Waals surface area contributed by atoms with E-state index in [0.717, 1.165) is 36.9 Å². The molecule has 0 unspecified atom stereocenters. The van der Waals surface area contributed by atoms with E-state index >= 15 is 0 Å². The van der Waals surface area contributed by atoms with Gasteiger partial charge in [0.15, 0.2) is 0 Å². The van der Waals surface area contributed by atoms with Crippen LogP contribution in [0.5, 0.6) is 0 Å². The summed E-state index contributed by atoms with van der Waals surface area (Å²) in [5, 5.41) is 1.17. The number of nitrogens with zero attached hydrogens (tertiary/aromatic N) is 1. The first-order chi connectivity index (χ1) is 13.9. The van der Waals surface area contributed by atoms with Crippen LogP contribution in [0.1, 0.15) is 58.2 Å². The number of ether oxygens (including phenoxy) is 1. The number of carbonyl (C=O) groups excluding carboxylic acids is 1. The van der Waals surface area contributed by atoms with Crippen LogP contribution in [0, 0.1) is 0 Å². The van der Waals surface area contributed by atoms with Crippen LogP contribution in [-0.2, 0) is 22.4 Å². The highest BCUT2D eigenvalue weighted by atomic mass is 16.6. The summed E-state index contributed by atoms with van der Waals surface area (Å²) in [6.45, 7) is 7.87. The molecule has 152 valence electrons. The Balaban J connectivity index is 1.80. The molecule has 3 aromatic rings. The summed E-state index contributed by atoms with van der Waals surface area (Å²) in [6.07, 6.45) is 4.01. The summed E-state index contributed by atoms with van der Waals surface area (Å²) in [5.41, 5.74) is 5.39. The average molecular weight is 390 g/mol. The average Bonchev–Trinajstić information content (AvgIpc) is 2.69. The Kier molecular flexibility index (Phi) is 6.68. The number of benzene rings is 2. The van der Waals surface area contributed by atoms with Gasteiger partial charge in [-0.1, -0.05) is 49.4 Å². The zero-order valence-electron chi connectivity index (χ0n) is 18.0. The standard InChI is InChI=1S/C26H31NO2/c1-5-19-15-16-21-18-22(20-11-7-6-8-12-20)23(27-24(21)17-19)13-9-10-14-25(28)29-26(2,3)4/h6-8,11-12,15-18H,5,9-10,13-14H2,1-4H3. The third-order valence-electron chi connectivity index (χ3n) is 4.92. The summed E-state index contributed by atoms with van der Waals surface area (Å²) < 4.78 is 5.41. The van der Waals surface area contributed by atoms with Gasteiger partial charge in [-0.3, -0.25) is 9.78 Å². The van der Waals surface area contributed by atoms with Gasteiger partial charge in [0.25, 0.3) is 0 Å². The Bertz CT molecular complexity index is 971. The van der Waals surface area contributed by atoms with Gasteiger partial charge in [-0.15, -0.1) is 0 Å². The van der Waals surface area contributed by atoms with E-state index < -0.39 is 5.60 Å². The smallest absolute Gasteiger partial charge is 0.306 e. The Morgan fingerprint density at radius 1 is 1.00 bits per heavy atom. The zero-order chi connectivity index (χ0) is 20.9. The van der Waals surface area contributed by atoms with Crippen LogP contribution in [0.25, 0.3) is 22.0 Å². The fourth-order valence-corrected chi connectivity index (χ4v) is 3.49. The number of aryl methyl sites for hydroxylation is 2. The minimum absolute atomic E-state index is 0.125. The first-order valence-corrected chi connectivity index (χ1v) is 10.6. The molecule has 0 N–H and O–H groups in total. The maximum absolute atomic E-state index is 12.0. The molecule has 0 bridgehead atoms. The zero-order valence-corrected chi connectivity index (χ0v) is 18.0. The molecule has 0 amide bonds. The molecule has 0 radical (unpaired) electrons. The lowest BCUT2D eigenvalue weighted by molar-refractivity contribution is -0.154. The van der Waals surface area contributed by atoms with E-state index in [0.29, 0.717) is 6.42 Å². The topological polar surface area (TPSA) is 39.2 Å². The quantitative estimate of drug-likeness (QED) is 0.341. The van der Waals surface area contributed by atoms with Crippen molar-refractivity contribution in [2.45, 2.75) is 65.4 Å². The fraction of sp³-hybridized carbons (Fsp3) is 0.385. The largest absolute Gasteiger partial charge is 0.460 e. The second-order valence-corrected chi connectivity index (χ2v) is 8.52. The van der Waals surface area contributed by atoms with Gasteiger partial charge in [0, 0.05) is 23.1 Å². The van der Waals surface area contributed by atoms with Crippen LogP contribution >= 0.6 is 0 Å². The molecular formula is C26H31NO2. The van der Waals surface area contributed by atoms with Crippen molar-refractivity contribution < 1.29 is 9.53 Å². The lowest BCUT2D eigenvalue weighted by Crippen LogP contribution is -2.23. The molecule has 29 heavy (non-hydrogen) atoms. The van der Waals surface area contributed by atoms with Gasteiger partial charge in [0.1, 0.15) is 5.60 Å². The van der Waals surface area contributed by atoms with Gasteiger partial charge >= 0.3 is 5.97 Å². The lowest BCUT2D eigenvalue weighted by Gasteiger charge is -2.19. The molecule has 0 aliphatic rings. The van der Waals surface area contributed by atoms with Crippen LogP contribution in [0.4, 0.5) is 0 Å². The molecule has 0 atom stereocenters. The van der Waals surface area contributed by atoms with E-state index in [2.05, 4.69) is 55.5 Å². The van der Waals surface area contributed by atoms with Crippen LogP contribution in [0.2, 0.25) is 0 Å². The van der Waals surface area contributed by atoms with Crippen LogP contribution in [0.15, 0.2) is 54.6 Å². The summed E-state index contributed by atoms with van der Waals surface area (Å²) in [5.74, 6) is -0.125. The number of esters is 1. The van der Waals surface area contributed by atoms with Gasteiger partial charge in [-0.05, 0) is 69.7 Å². The van der Waals surface area contributed by atoms with Crippen molar-refractivity contribution in [3.05, 3.63) is 65.9 Å².